The van der Waals surface area contributed by atoms with Gasteiger partial charge in [0.05, 0.1) is 17.7 Å². The number of rotatable bonds is 13. The molecule has 4 aromatic carbocycles. The minimum absolute atomic E-state index is 0.00776. The van der Waals surface area contributed by atoms with Crippen LogP contribution in [0.1, 0.15) is 23.6 Å². The first-order valence-electron chi connectivity index (χ1n) is 14.3. The topological polar surface area (TPSA) is 96.0 Å². The molecule has 1 atom stereocenters. The Morgan fingerprint density at radius 1 is 0.889 bits per heavy atom. The molecule has 0 radical (unpaired) electrons. The number of nitrogens with zero attached hydrogens (tertiary/aromatic N) is 2. The summed E-state index contributed by atoms with van der Waals surface area (Å²) in [6.07, 6.45) is 0.166. The first-order valence-corrected chi connectivity index (χ1v) is 16.5. The zero-order chi connectivity index (χ0) is 32.6. The number of carbonyl (C=O) groups is 2. The summed E-state index contributed by atoms with van der Waals surface area (Å²) in [6.45, 7) is 3.15. The van der Waals surface area contributed by atoms with E-state index in [2.05, 4.69) is 5.32 Å². The fourth-order valence-corrected chi connectivity index (χ4v) is 6.88. The van der Waals surface area contributed by atoms with Crippen molar-refractivity contribution in [1.82, 2.24) is 10.2 Å². The molecular weight excluding hydrogens is 633 g/mol. The number of halogens is 2. The van der Waals surface area contributed by atoms with E-state index in [0.717, 1.165) is 15.4 Å². The van der Waals surface area contributed by atoms with Gasteiger partial charge in [0.25, 0.3) is 10.0 Å². The number of benzene rings is 4. The van der Waals surface area contributed by atoms with Gasteiger partial charge in [-0.2, -0.15) is 0 Å². The highest BCUT2D eigenvalue weighted by molar-refractivity contribution is 7.92. The summed E-state index contributed by atoms with van der Waals surface area (Å²) in [5.41, 5.74) is 2.19. The number of hydrogen-bond donors (Lipinski definition) is 1. The molecule has 8 nitrogen and oxygen atoms in total. The number of aryl methyl sites for hydroxylation is 1. The standard InChI is InChI=1S/C34H35Cl2N3O5S/c1-4-37-34(41)31(21-25-12-7-5-8-13-25)38(22-27-28(35)16-11-17-29(27)36)33(40)23-39(30-20-24(2)18-19-32(30)44-3)45(42,43)26-14-9-6-10-15-26/h5-20,31H,4,21-23H2,1-3H3,(H,37,41). The molecule has 11 heteroatoms. The summed E-state index contributed by atoms with van der Waals surface area (Å²) in [7, 11) is -2.85. The zero-order valence-corrected chi connectivity index (χ0v) is 27.6. The smallest absolute Gasteiger partial charge is 0.264 e. The third-order valence-electron chi connectivity index (χ3n) is 7.23. The molecule has 0 aromatic heterocycles. The zero-order valence-electron chi connectivity index (χ0n) is 25.2. The van der Waals surface area contributed by atoms with Crippen LogP contribution in [0.4, 0.5) is 5.69 Å². The van der Waals surface area contributed by atoms with Gasteiger partial charge in [-0.15, -0.1) is 0 Å². The molecule has 0 aliphatic rings. The van der Waals surface area contributed by atoms with Gasteiger partial charge in [0.2, 0.25) is 11.8 Å². The van der Waals surface area contributed by atoms with E-state index < -0.39 is 34.4 Å². The molecule has 4 aromatic rings. The second-order valence-electron chi connectivity index (χ2n) is 10.3. The number of sulfonamides is 1. The van der Waals surface area contributed by atoms with Crippen molar-refractivity contribution in [2.75, 3.05) is 24.5 Å². The Kier molecular flexibility index (Phi) is 11.5. The minimum Gasteiger partial charge on any atom is -0.495 e. The van der Waals surface area contributed by atoms with Crippen LogP contribution in [0.3, 0.4) is 0 Å². The van der Waals surface area contributed by atoms with Crippen LogP contribution >= 0.6 is 23.2 Å². The predicted octanol–water partition coefficient (Wildman–Crippen LogP) is 6.28. The van der Waals surface area contributed by atoms with Gasteiger partial charge in [0.15, 0.2) is 0 Å². The first kappa shape index (κ1) is 33.8. The molecule has 0 heterocycles. The maximum absolute atomic E-state index is 14.6. The summed E-state index contributed by atoms with van der Waals surface area (Å²) in [6, 6.07) is 26.2. The van der Waals surface area contributed by atoms with Crippen molar-refractivity contribution >= 4 is 50.7 Å². The molecule has 1 unspecified atom stereocenters. The van der Waals surface area contributed by atoms with E-state index in [-0.39, 0.29) is 29.3 Å². The van der Waals surface area contributed by atoms with Crippen molar-refractivity contribution in [3.05, 3.63) is 124 Å². The summed E-state index contributed by atoms with van der Waals surface area (Å²) >= 11 is 13.1. The number of ether oxygens (including phenoxy) is 1. The maximum Gasteiger partial charge on any atom is 0.264 e. The molecule has 0 aliphatic heterocycles. The second-order valence-corrected chi connectivity index (χ2v) is 13.0. The largest absolute Gasteiger partial charge is 0.495 e. The fourth-order valence-electron chi connectivity index (χ4n) is 4.93. The van der Waals surface area contributed by atoms with E-state index in [4.69, 9.17) is 27.9 Å². The number of carbonyl (C=O) groups excluding carboxylic acids is 2. The van der Waals surface area contributed by atoms with Crippen molar-refractivity contribution in [3.63, 3.8) is 0 Å². The third-order valence-corrected chi connectivity index (χ3v) is 9.71. The normalized spacial score (nSPS) is 11.8. The van der Waals surface area contributed by atoms with Crippen molar-refractivity contribution in [1.29, 1.82) is 0 Å². The van der Waals surface area contributed by atoms with Crippen molar-refractivity contribution in [3.8, 4) is 5.75 Å². The van der Waals surface area contributed by atoms with Crippen LogP contribution in [0.5, 0.6) is 5.75 Å². The molecule has 1 N–H and O–H groups in total. The van der Waals surface area contributed by atoms with E-state index >= 15 is 0 Å². The number of likely N-dealkylation sites (N-methyl/N-ethyl adjacent to an activating group) is 1. The monoisotopic (exact) mass is 667 g/mol. The van der Waals surface area contributed by atoms with Gasteiger partial charge in [-0.05, 0) is 61.4 Å². The Balaban J connectivity index is 1.87. The van der Waals surface area contributed by atoms with Gasteiger partial charge in [-0.1, -0.05) is 83.9 Å². The van der Waals surface area contributed by atoms with Crippen molar-refractivity contribution in [2.45, 2.75) is 37.8 Å². The van der Waals surface area contributed by atoms with Crippen molar-refractivity contribution in [2.24, 2.45) is 0 Å². The molecule has 0 spiro atoms. The van der Waals surface area contributed by atoms with Gasteiger partial charge in [0.1, 0.15) is 18.3 Å². The predicted molar refractivity (Wildman–Crippen MR) is 178 cm³/mol. The molecule has 0 saturated heterocycles. The summed E-state index contributed by atoms with van der Waals surface area (Å²) < 4.78 is 35.0. The van der Waals surface area contributed by atoms with Gasteiger partial charge in [0, 0.05) is 35.1 Å². The van der Waals surface area contributed by atoms with Crippen LogP contribution in [0.2, 0.25) is 10.0 Å². The lowest BCUT2D eigenvalue weighted by Gasteiger charge is -2.34. The Labute approximate surface area is 274 Å². The molecule has 4 rings (SSSR count). The van der Waals surface area contributed by atoms with Crippen LogP contribution in [0, 0.1) is 6.92 Å². The Morgan fingerprint density at radius 3 is 2.11 bits per heavy atom. The second kappa shape index (κ2) is 15.3. The van der Waals surface area contributed by atoms with E-state index in [0.29, 0.717) is 22.2 Å². The molecule has 236 valence electrons. The minimum atomic E-state index is -4.28. The Morgan fingerprint density at radius 2 is 1.51 bits per heavy atom. The summed E-state index contributed by atoms with van der Waals surface area (Å²) in [5.74, 6) is -0.775. The molecule has 0 bridgehead atoms. The van der Waals surface area contributed by atoms with E-state index in [1.807, 2.05) is 37.3 Å². The van der Waals surface area contributed by atoms with Crippen LogP contribution in [0.25, 0.3) is 0 Å². The molecular formula is C34H35Cl2N3O5S. The third kappa shape index (κ3) is 8.16. The van der Waals surface area contributed by atoms with Crippen LogP contribution < -0.4 is 14.4 Å². The van der Waals surface area contributed by atoms with Gasteiger partial charge < -0.3 is 15.0 Å². The highest BCUT2D eigenvalue weighted by atomic mass is 35.5. The highest BCUT2D eigenvalue weighted by Crippen LogP contribution is 2.34. The molecule has 45 heavy (non-hydrogen) atoms. The lowest BCUT2D eigenvalue weighted by molar-refractivity contribution is -0.140. The van der Waals surface area contributed by atoms with Crippen LogP contribution in [-0.2, 0) is 32.6 Å². The van der Waals surface area contributed by atoms with Gasteiger partial charge in [-0.25, -0.2) is 8.42 Å². The highest BCUT2D eigenvalue weighted by Gasteiger charge is 2.36. The number of hydrogen-bond acceptors (Lipinski definition) is 5. The summed E-state index contributed by atoms with van der Waals surface area (Å²) in [5, 5.41) is 3.45. The number of amides is 2. The maximum atomic E-state index is 14.6. The van der Waals surface area contributed by atoms with Crippen LogP contribution in [0.15, 0.2) is 102 Å². The Bertz CT molecular complexity index is 1720. The fraction of sp³-hybridized carbons (Fsp3) is 0.235. The quantitative estimate of drug-likeness (QED) is 0.181. The summed E-state index contributed by atoms with van der Waals surface area (Å²) in [4.78, 5) is 29.6. The average Bonchev–Trinajstić information content (AvgIpc) is 3.03. The molecule has 2 amide bonds. The Hall–Kier alpha value is -4.05. The van der Waals surface area contributed by atoms with Gasteiger partial charge >= 0.3 is 0 Å². The lowest BCUT2D eigenvalue weighted by atomic mass is 10.0. The molecule has 0 saturated carbocycles. The first-order chi connectivity index (χ1) is 21.6. The molecule has 0 aliphatic carbocycles. The molecule has 0 fully saturated rings. The van der Waals surface area contributed by atoms with Gasteiger partial charge in [-0.3, -0.25) is 13.9 Å². The van der Waals surface area contributed by atoms with Crippen LogP contribution in [-0.4, -0.2) is 51.4 Å². The number of anilines is 1. The number of methoxy groups -OCH3 is 1. The van der Waals surface area contributed by atoms with E-state index in [9.17, 15) is 18.0 Å². The van der Waals surface area contributed by atoms with E-state index in [1.165, 1.54) is 24.1 Å². The van der Waals surface area contributed by atoms with Crippen molar-refractivity contribution < 1.29 is 22.7 Å². The number of nitrogens with one attached hydrogen (secondary N) is 1. The lowest BCUT2D eigenvalue weighted by Crippen LogP contribution is -2.53. The average molecular weight is 669 g/mol. The SMILES string of the molecule is CCNC(=O)C(Cc1ccccc1)N(Cc1c(Cl)cccc1Cl)C(=O)CN(c1cc(C)ccc1OC)S(=O)(=O)c1ccccc1. The van der Waals surface area contributed by atoms with E-state index in [1.54, 1.807) is 61.5 Å².